The molecule has 0 amide bonds. The molecule has 0 radical (unpaired) electrons. The first kappa shape index (κ1) is 17.5. The van der Waals surface area contributed by atoms with Crippen molar-refractivity contribution < 1.29 is 27.2 Å². The summed E-state index contributed by atoms with van der Waals surface area (Å²) in [7, 11) is -1.09. The lowest BCUT2D eigenvalue weighted by molar-refractivity contribution is 0.274. The first-order valence-electron chi connectivity index (χ1n) is 5.76. The monoisotopic (exact) mass is 323 g/mol. The van der Waals surface area contributed by atoms with Crippen LogP contribution in [0, 0.1) is 0 Å². The average molecular weight is 323 g/mol. The molecule has 1 aromatic rings. The largest absolute Gasteiger partial charge is 0.336 e. The Labute approximate surface area is 118 Å². The Hall–Kier alpha value is -0.550. The molecule has 0 unspecified atom stereocenters. The lowest BCUT2D eigenvalue weighted by Gasteiger charge is -2.15. The summed E-state index contributed by atoms with van der Waals surface area (Å²) in [4.78, 5) is 4.27. The van der Waals surface area contributed by atoms with E-state index in [1.807, 2.05) is 0 Å². The van der Waals surface area contributed by atoms with E-state index in [9.17, 15) is 9.13 Å². The minimum atomic E-state index is -3.18. The van der Waals surface area contributed by atoms with Crippen molar-refractivity contribution in [2.24, 2.45) is 0 Å². The zero-order chi connectivity index (χ0) is 15.2. The highest BCUT2D eigenvalue weighted by Gasteiger charge is 2.25. The van der Waals surface area contributed by atoms with Crippen LogP contribution in [0.1, 0.15) is 11.4 Å². The Kier molecular flexibility index (Phi) is 6.52. The lowest BCUT2D eigenvalue weighted by Crippen LogP contribution is -2.00. The zero-order valence-electron chi connectivity index (χ0n) is 11.9. The molecule has 1 rings (SSSR count). The molecule has 0 spiro atoms. The van der Waals surface area contributed by atoms with Crippen LogP contribution < -0.4 is 0 Å². The third-order valence-electron chi connectivity index (χ3n) is 2.69. The molecule has 0 saturated heterocycles. The van der Waals surface area contributed by atoms with E-state index < -0.39 is 15.2 Å². The van der Waals surface area contributed by atoms with Crippen LogP contribution in [-0.2, 0) is 39.5 Å². The molecule has 114 valence electrons. The summed E-state index contributed by atoms with van der Waals surface area (Å²) in [6.07, 6.45) is 0.0796. The van der Waals surface area contributed by atoms with Gasteiger partial charge < -0.3 is 18.1 Å². The Morgan fingerprint density at radius 2 is 1.20 bits per heavy atom. The van der Waals surface area contributed by atoms with E-state index in [0.29, 0.717) is 11.4 Å². The standard InChI is InChI=1S/C11H19NO6P2/c1-15-19(13,16-2)8-10-6-5-7-11(12-10)9-20(14,17-3)18-4/h5-7H,8-9H2,1-4H3. The molecular weight excluding hydrogens is 304 g/mol. The topological polar surface area (TPSA) is 84.0 Å². The second-order valence-electron chi connectivity index (χ2n) is 3.89. The fourth-order valence-corrected chi connectivity index (χ4v) is 3.47. The third kappa shape index (κ3) is 4.77. The SMILES string of the molecule is COP(=O)(Cc1cccc(CP(=O)(OC)OC)n1)OC. The second-order valence-corrected chi connectivity index (χ2v) is 8.43. The Bertz CT molecular complexity index is 476. The molecule has 0 aliphatic carbocycles. The van der Waals surface area contributed by atoms with Crippen molar-refractivity contribution in [1.82, 2.24) is 4.98 Å². The first-order chi connectivity index (χ1) is 9.40. The van der Waals surface area contributed by atoms with Crippen LogP contribution in [0.5, 0.6) is 0 Å². The van der Waals surface area contributed by atoms with E-state index in [0.717, 1.165) is 0 Å². The summed E-state index contributed by atoms with van der Waals surface area (Å²) in [6.45, 7) is 0. The molecule has 0 bridgehead atoms. The predicted octanol–water partition coefficient (Wildman–Crippen LogP) is 3.05. The van der Waals surface area contributed by atoms with Crippen LogP contribution in [0.2, 0.25) is 0 Å². The average Bonchev–Trinajstić information content (AvgIpc) is 2.47. The van der Waals surface area contributed by atoms with E-state index in [4.69, 9.17) is 18.1 Å². The van der Waals surface area contributed by atoms with Gasteiger partial charge in [-0.25, -0.2) is 0 Å². The van der Waals surface area contributed by atoms with Gasteiger partial charge in [0.2, 0.25) is 0 Å². The molecule has 9 heteroatoms. The number of rotatable bonds is 8. The molecule has 0 aliphatic heterocycles. The van der Waals surface area contributed by atoms with Gasteiger partial charge >= 0.3 is 15.2 Å². The maximum absolute atomic E-state index is 12.0. The van der Waals surface area contributed by atoms with Crippen LogP contribution in [0.3, 0.4) is 0 Å². The summed E-state index contributed by atoms with van der Waals surface area (Å²) >= 11 is 0. The normalized spacial score (nSPS) is 12.6. The Morgan fingerprint density at radius 1 is 0.850 bits per heavy atom. The van der Waals surface area contributed by atoms with E-state index >= 15 is 0 Å². The van der Waals surface area contributed by atoms with Crippen LogP contribution in [0.4, 0.5) is 0 Å². The van der Waals surface area contributed by atoms with Gasteiger partial charge in [-0.2, -0.15) is 0 Å². The van der Waals surface area contributed by atoms with E-state index in [2.05, 4.69) is 4.98 Å². The summed E-state index contributed by atoms with van der Waals surface area (Å²) in [5.41, 5.74) is 1.04. The van der Waals surface area contributed by atoms with Gasteiger partial charge in [0, 0.05) is 28.4 Å². The Morgan fingerprint density at radius 3 is 1.50 bits per heavy atom. The summed E-state index contributed by atoms with van der Waals surface area (Å²) in [5, 5.41) is 0. The van der Waals surface area contributed by atoms with Gasteiger partial charge in [-0.3, -0.25) is 14.1 Å². The molecular formula is C11H19NO6P2. The van der Waals surface area contributed by atoms with Crippen molar-refractivity contribution >= 4 is 15.2 Å². The molecule has 0 saturated carbocycles. The van der Waals surface area contributed by atoms with E-state index in [1.54, 1.807) is 18.2 Å². The fourth-order valence-electron chi connectivity index (χ4n) is 1.51. The van der Waals surface area contributed by atoms with Gasteiger partial charge in [0.1, 0.15) is 0 Å². The number of aromatic nitrogens is 1. The highest BCUT2D eigenvalue weighted by atomic mass is 31.2. The van der Waals surface area contributed by atoms with Crippen LogP contribution in [0.15, 0.2) is 18.2 Å². The first-order valence-corrected chi connectivity index (χ1v) is 9.22. The smallest absolute Gasteiger partial charge is 0.312 e. The van der Waals surface area contributed by atoms with Gasteiger partial charge in [-0.05, 0) is 12.1 Å². The predicted molar refractivity (Wildman–Crippen MR) is 74.9 cm³/mol. The summed E-state index contributed by atoms with van der Waals surface area (Å²) in [6, 6.07) is 5.11. The highest BCUT2D eigenvalue weighted by Crippen LogP contribution is 2.51. The maximum atomic E-state index is 12.0. The Balaban J connectivity index is 2.92. The third-order valence-corrected chi connectivity index (χ3v) is 6.34. The van der Waals surface area contributed by atoms with Crippen LogP contribution in [-0.4, -0.2) is 33.4 Å². The molecule has 0 atom stereocenters. The van der Waals surface area contributed by atoms with Crippen molar-refractivity contribution in [3.05, 3.63) is 29.6 Å². The number of hydrogen-bond donors (Lipinski definition) is 0. The van der Waals surface area contributed by atoms with Crippen molar-refractivity contribution in [1.29, 1.82) is 0 Å². The fraction of sp³-hybridized carbons (Fsp3) is 0.545. The minimum absolute atomic E-state index is 0.0398. The molecule has 0 aromatic carbocycles. The quantitative estimate of drug-likeness (QED) is 0.680. The van der Waals surface area contributed by atoms with Crippen molar-refractivity contribution in [2.75, 3.05) is 28.4 Å². The molecule has 1 heterocycles. The van der Waals surface area contributed by atoms with E-state index in [1.165, 1.54) is 28.4 Å². The molecule has 20 heavy (non-hydrogen) atoms. The summed E-state index contributed by atoms with van der Waals surface area (Å²) < 4.78 is 43.5. The van der Waals surface area contributed by atoms with Crippen molar-refractivity contribution in [3.63, 3.8) is 0 Å². The molecule has 1 aromatic heterocycles. The zero-order valence-corrected chi connectivity index (χ0v) is 13.7. The summed E-state index contributed by atoms with van der Waals surface area (Å²) in [5.74, 6) is 0. The maximum Gasteiger partial charge on any atom is 0.336 e. The van der Waals surface area contributed by atoms with Gasteiger partial charge in [0.15, 0.2) is 0 Å². The van der Waals surface area contributed by atoms with Gasteiger partial charge in [-0.15, -0.1) is 0 Å². The minimum Gasteiger partial charge on any atom is -0.312 e. The number of pyridine rings is 1. The lowest BCUT2D eigenvalue weighted by atomic mass is 10.3. The molecule has 0 N–H and O–H groups in total. The highest BCUT2D eigenvalue weighted by molar-refractivity contribution is 7.53. The van der Waals surface area contributed by atoms with Crippen molar-refractivity contribution in [3.8, 4) is 0 Å². The van der Waals surface area contributed by atoms with E-state index in [-0.39, 0.29) is 12.3 Å². The second kappa shape index (κ2) is 7.46. The molecule has 7 nitrogen and oxygen atoms in total. The number of nitrogens with zero attached hydrogens (tertiary/aromatic N) is 1. The van der Waals surface area contributed by atoms with Crippen LogP contribution in [0.25, 0.3) is 0 Å². The molecule has 0 fully saturated rings. The van der Waals surface area contributed by atoms with Gasteiger partial charge in [0.05, 0.1) is 23.7 Å². The van der Waals surface area contributed by atoms with Gasteiger partial charge in [-0.1, -0.05) is 6.07 Å². The molecule has 0 aliphatic rings. The van der Waals surface area contributed by atoms with Crippen LogP contribution >= 0.6 is 15.2 Å². The number of hydrogen-bond acceptors (Lipinski definition) is 7. The van der Waals surface area contributed by atoms with Gasteiger partial charge in [0.25, 0.3) is 0 Å². The van der Waals surface area contributed by atoms with Crippen molar-refractivity contribution in [2.45, 2.75) is 12.3 Å².